The minimum Gasteiger partial charge on any atom is -0.310 e. The van der Waals surface area contributed by atoms with Crippen LogP contribution < -0.4 is 4.90 Å². The van der Waals surface area contributed by atoms with E-state index in [1.165, 1.54) is 76.0 Å². The second-order valence-electron chi connectivity index (χ2n) is 14.1. The molecule has 0 spiro atoms. The highest BCUT2D eigenvalue weighted by Crippen LogP contribution is 2.46. The summed E-state index contributed by atoms with van der Waals surface area (Å²) in [6.45, 7) is 0. The van der Waals surface area contributed by atoms with Crippen LogP contribution in [0, 0.1) is 0 Å². The molecular weight excluding hydrogens is 653 g/mol. The van der Waals surface area contributed by atoms with Crippen molar-refractivity contribution < 1.29 is 0 Å². The van der Waals surface area contributed by atoms with Crippen LogP contribution in [0.15, 0.2) is 206 Å². The van der Waals surface area contributed by atoms with Crippen LogP contribution in [0.2, 0.25) is 0 Å². The van der Waals surface area contributed by atoms with Crippen molar-refractivity contribution in [2.24, 2.45) is 0 Å². The summed E-state index contributed by atoms with van der Waals surface area (Å²) in [5, 5.41) is 12.6. The molecule has 11 aromatic rings. The lowest BCUT2D eigenvalue weighted by atomic mass is 9.93. The summed E-state index contributed by atoms with van der Waals surface area (Å²) in [6, 6.07) is 75.2. The third-order valence-electron chi connectivity index (χ3n) is 11.1. The Kier molecular flexibility index (Phi) is 6.90. The van der Waals surface area contributed by atoms with Crippen molar-refractivity contribution in [3.8, 4) is 16.8 Å². The summed E-state index contributed by atoms with van der Waals surface area (Å²) in [7, 11) is 0. The fourth-order valence-corrected chi connectivity index (χ4v) is 8.77. The molecular formula is C52H34N2. The molecule has 0 aliphatic rings. The van der Waals surface area contributed by atoms with Gasteiger partial charge < -0.3 is 9.47 Å². The van der Waals surface area contributed by atoms with E-state index in [4.69, 9.17) is 0 Å². The molecule has 54 heavy (non-hydrogen) atoms. The average molecular weight is 687 g/mol. The van der Waals surface area contributed by atoms with Crippen molar-refractivity contribution in [2.75, 3.05) is 4.90 Å². The predicted molar refractivity (Wildman–Crippen MR) is 231 cm³/mol. The maximum absolute atomic E-state index is 2.44. The summed E-state index contributed by atoms with van der Waals surface area (Å²) >= 11 is 0. The third-order valence-corrected chi connectivity index (χ3v) is 11.1. The first-order valence-electron chi connectivity index (χ1n) is 18.6. The second kappa shape index (κ2) is 12.2. The molecule has 0 saturated heterocycles. The fourth-order valence-electron chi connectivity index (χ4n) is 8.77. The molecule has 0 radical (unpaired) electrons. The van der Waals surface area contributed by atoms with Crippen LogP contribution in [-0.4, -0.2) is 4.57 Å². The zero-order valence-electron chi connectivity index (χ0n) is 29.5. The van der Waals surface area contributed by atoms with Gasteiger partial charge >= 0.3 is 0 Å². The molecule has 2 nitrogen and oxygen atoms in total. The molecule has 1 aromatic heterocycles. The van der Waals surface area contributed by atoms with E-state index in [2.05, 4.69) is 216 Å². The monoisotopic (exact) mass is 686 g/mol. The Morgan fingerprint density at radius 2 is 0.889 bits per heavy atom. The summed E-state index contributed by atoms with van der Waals surface area (Å²) in [6.07, 6.45) is 0. The van der Waals surface area contributed by atoms with E-state index in [0.717, 1.165) is 22.7 Å². The van der Waals surface area contributed by atoms with E-state index in [-0.39, 0.29) is 0 Å². The molecule has 0 atom stereocenters. The molecule has 0 aliphatic carbocycles. The van der Waals surface area contributed by atoms with Crippen molar-refractivity contribution in [3.63, 3.8) is 0 Å². The van der Waals surface area contributed by atoms with E-state index < -0.39 is 0 Å². The van der Waals surface area contributed by atoms with E-state index in [9.17, 15) is 0 Å². The van der Waals surface area contributed by atoms with Gasteiger partial charge in [-0.25, -0.2) is 0 Å². The van der Waals surface area contributed by atoms with Crippen molar-refractivity contribution in [2.45, 2.75) is 0 Å². The minimum absolute atomic E-state index is 1.11. The number of hydrogen-bond acceptors (Lipinski definition) is 1. The van der Waals surface area contributed by atoms with Gasteiger partial charge in [0.05, 0.1) is 16.7 Å². The first kappa shape index (κ1) is 30.5. The number of aromatic nitrogens is 1. The normalized spacial score (nSPS) is 11.7. The van der Waals surface area contributed by atoms with Gasteiger partial charge in [-0.2, -0.15) is 0 Å². The predicted octanol–water partition coefficient (Wildman–Crippen LogP) is 14.5. The van der Waals surface area contributed by atoms with Crippen molar-refractivity contribution in [3.05, 3.63) is 206 Å². The molecule has 2 heteroatoms. The third kappa shape index (κ3) is 4.67. The van der Waals surface area contributed by atoms with E-state index in [1.54, 1.807) is 0 Å². The van der Waals surface area contributed by atoms with Crippen LogP contribution in [0.1, 0.15) is 0 Å². The Morgan fingerprint density at radius 3 is 1.65 bits per heavy atom. The summed E-state index contributed by atoms with van der Waals surface area (Å²) in [5.74, 6) is 0. The lowest BCUT2D eigenvalue weighted by Crippen LogP contribution is -2.10. The van der Waals surface area contributed by atoms with Gasteiger partial charge in [0.15, 0.2) is 0 Å². The Hall–Kier alpha value is -7.16. The fraction of sp³-hybridized carbons (Fsp3) is 0. The van der Waals surface area contributed by atoms with Crippen LogP contribution in [0.5, 0.6) is 0 Å². The summed E-state index contributed by atoms with van der Waals surface area (Å²) < 4.78 is 2.43. The number of fused-ring (bicyclic) bond motifs is 10. The molecule has 0 unspecified atom stereocenters. The van der Waals surface area contributed by atoms with Gasteiger partial charge in [-0.15, -0.1) is 0 Å². The van der Waals surface area contributed by atoms with E-state index in [0.29, 0.717) is 0 Å². The maximum Gasteiger partial charge on any atom is 0.0561 e. The second-order valence-corrected chi connectivity index (χ2v) is 14.1. The van der Waals surface area contributed by atoms with Gasteiger partial charge in [0.1, 0.15) is 0 Å². The minimum atomic E-state index is 1.11. The SMILES string of the molecule is c1ccc(N(c2ccc3c4ccccc4n(-c4ccc(-c5cccc6ccccc56)cc4)c3c2)c2cccc3c4ccccc4c4ccccc4c23)cc1. The van der Waals surface area contributed by atoms with Gasteiger partial charge in [0.2, 0.25) is 0 Å². The number of hydrogen-bond donors (Lipinski definition) is 0. The molecule has 11 rings (SSSR count). The maximum atomic E-state index is 2.44. The lowest BCUT2D eigenvalue weighted by molar-refractivity contribution is 1.18. The Balaban J connectivity index is 1.15. The van der Waals surface area contributed by atoms with Crippen molar-refractivity contribution >= 4 is 82.0 Å². The quantitative estimate of drug-likeness (QED) is 0.164. The number of anilines is 3. The van der Waals surface area contributed by atoms with Gasteiger partial charge in [0.25, 0.3) is 0 Å². The van der Waals surface area contributed by atoms with Gasteiger partial charge in [-0.1, -0.05) is 158 Å². The summed E-state index contributed by atoms with van der Waals surface area (Å²) in [4.78, 5) is 2.44. The number of nitrogens with zero attached hydrogens (tertiary/aromatic N) is 2. The molecule has 10 aromatic carbocycles. The van der Waals surface area contributed by atoms with Crippen LogP contribution in [0.3, 0.4) is 0 Å². The highest BCUT2D eigenvalue weighted by molar-refractivity contribution is 6.29. The number of para-hydroxylation sites is 2. The van der Waals surface area contributed by atoms with Crippen LogP contribution in [0.4, 0.5) is 17.1 Å². The molecule has 0 bridgehead atoms. The van der Waals surface area contributed by atoms with E-state index >= 15 is 0 Å². The number of benzene rings is 10. The molecule has 0 N–H and O–H groups in total. The molecule has 1 heterocycles. The Labute approximate surface area is 313 Å². The highest BCUT2D eigenvalue weighted by Gasteiger charge is 2.21. The molecule has 0 amide bonds. The van der Waals surface area contributed by atoms with Gasteiger partial charge in [-0.3, -0.25) is 0 Å². The van der Waals surface area contributed by atoms with Crippen molar-refractivity contribution in [1.29, 1.82) is 0 Å². The molecule has 0 saturated carbocycles. The topological polar surface area (TPSA) is 8.17 Å². The Morgan fingerprint density at radius 1 is 0.333 bits per heavy atom. The number of rotatable bonds is 5. The van der Waals surface area contributed by atoms with Crippen LogP contribution in [-0.2, 0) is 0 Å². The van der Waals surface area contributed by atoms with Crippen LogP contribution in [0.25, 0.3) is 81.7 Å². The van der Waals surface area contributed by atoms with Crippen LogP contribution >= 0.6 is 0 Å². The molecule has 0 fully saturated rings. The first-order chi connectivity index (χ1) is 26.8. The van der Waals surface area contributed by atoms with Gasteiger partial charge in [-0.05, 0) is 97.4 Å². The zero-order chi connectivity index (χ0) is 35.6. The first-order valence-corrected chi connectivity index (χ1v) is 18.6. The summed E-state index contributed by atoms with van der Waals surface area (Å²) in [5.41, 5.74) is 9.33. The largest absolute Gasteiger partial charge is 0.310 e. The van der Waals surface area contributed by atoms with E-state index in [1.807, 2.05) is 0 Å². The smallest absolute Gasteiger partial charge is 0.0561 e. The molecule has 0 aliphatic heterocycles. The average Bonchev–Trinajstić information content (AvgIpc) is 3.58. The van der Waals surface area contributed by atoms with Gasteiger partial charge in [0, 0.05) is 33.2 Å². The lowest BCUT2D eigenvalue weighted by Gasteiger charge is -2.28. The van der Waals surface area contributed by atoms with Crippen molar-refractivity contribution in [1.82, 2.24) is 4.57 Å². The zero-order valence-corrected chi connectivity index (χ0v) is 29.5. The standard InChI is InChI=1S/C52H34N2/c1-2-16-37(17-3-1)53(50-27-13-25-48-44-20-7-6-19-42(44)43-21-8-9-23-47(43)52(48)50)39-32-33-46-45-22-10-11-26-49(45)54(51(46)34-39)38-30-28-36(29-31-38)41-24-12-15-35-14-4-5-18-40(35)41/h1-34H. The molecule has 252 valence electrons. The Bertz CT molecular complexity index is 3160. The highest BCUT2D eigenvalue weighted by atomic mass is 15.1.